The molecule has 9 heteroatoms. The first kappa shape index (κ1) is 29.3. The van der Waals surface area contributed by atoms with Gasteiger partial charge < -0.3 is 14.5 Å². The maximum atomic E-state index is 13.5. The van der Waals surface area contributed by atoms with Gasteiger partial charge >= 0.3 is 5.97 Å². The molecule has 0 spiro atoms. The Bertz CT molecular complexity index is 1370. The fourth-order valence-corrected chi connectivity index (χ4v) is 6.24. The van der Waals surface area contributed by atoms with Crippen molar-refractivity contribution in [1.82, 2.24) is 15.0 Å². The molecule has 3 aromatic rings. The Morgan fingerprint density at radius 2 is 1.93 bits per heavy atom. The number of phenolic OH excluding ortho intramolecular Hbond substituents is 1. The number of aromatic nitrogens is 2. The Morgan fingerprint density at radius 3 is 2.58 bits per heavy atom. The Balaban J connectivity index is 1.64. The van der Waals surface area contributed by atoms with Gasteiger partial charge in [0.15, 0.2) is 11.4 Å². The monoisotopic (exact) mass is 565 g/mol. The molecular formula is C31H36ClN3O5. The fourth-order valence-electron chi connectivity index (χ4n) is 6.00. The van der Waals surface area contributed by atoms with E-state index in [-0.39, 0.29) is 22.7 Å². The number of nitrogens with zero attached hydrogens (tertiary/aromatic N) is 2. The molecule has 1 heterocycles. The van der Waals surface area contributed by atoms with Crippen molar-refractivity contribution in [3.63, 3.8) is 0 Å². The molecule has 0 saturated heterocycles. The molecule has 2 aromatic carbocycles. The van der Waals surface area contributed by atoms with E-state index in [1.807, 2.05) is 16.7 Å². The van der Waals surface area contributed by atoms with Gasteiger partial charge in [0.25, 0.3) is 0 Å². The zero-order chi connectivity index (χ0) is 28.9. The Kier molecular flexibility index (Phi) is 9.30. The Hall–Kier alpha value is -3.65. The molecule has 212 valence electrons. The van der Waals surface area contributed by atoms with Gasteiger partial charge in [0, 0.05) is 25.5 Å². The predicted molar refractivity (Wildman–Crippen MR) is 152 cm³/mol. The fraction of sp³-hybridized carbons (Fsp3) is 0.419. The molecule has 0 bridgehead atoms. The van der Waals surface area contributed by atoms with Crippen LogP contribution in [0.1, 0.15) is 91.8 Å². The average molecular weight is 566 g/mol. The summed E-state index contributed by atoms with van der Waals surface area (Å²) in [6, 6.07) is 15.0. The minimum absolute atomic E-state index is 0.00891. The topological polar surface area (TPSA) is 111 Å². The van der Waals surface area contributed by atoms with Crippen LogP contribution in [0, 0.1) is 5.92 Å². The van der Waals surface area contributed by atoms with Crippen molar-refractivity contribution in [2.45, 2.75) is 77.2 Å². The standard InChI is InChI=1S/C31H36ClN3O5/c1-4-5-13-28-33-29(32)26(19-36)35(28)18-21-14-16-22(17-15-21)23-9-8-11-24(23)31(3,30(39)40-34-20(2)37)25-10-6-7-12-27(25)38/h6-7,10,12,14-17,19,23-24,38H,4-5,8-9,11,13,18H2,1-3H3,(H,34,37). The van der Waals surface area contributed by atoms with E-state index in [9.17, 15) is 19.5 Å². The maximum Gasteiger partial charge on any atom is 0.342 e. The van der Waals surface area contributed by atoms with E-state index < -0.39 is 17.3 Å². The van der Waals surface area contributed by atoms with Gasteiger partial charge in [-0.15, -0.1) is 0 Å². The number of hydrogen-bond donors (Lipinski definition) is 2. The van der Waals surface area contributed by atoms with E-state index in [1.54, 1.807) is 31.2 Å². The van der Waals surface area contributed by atoms with Gasteiger partial charge in [-0.2, -0.15) is 5.48 Å². The highest BCUT2D eigenvalue weighted by molar-refractivity contribution is 6.31. The van der Waals surface area contributed by atoms with Crippen LogP contribution in [-0.4, -0.2) is 32.8 Å². The Labute approximate surface area is 239 Å². The highest BCUT2D eigenvalue weighted by Crippen LogP contribution is 2.52. The molecule has 1 saturated carbocycles. The third-order valence-corrected chi connectivity index (χ3v) is 8.37. The minimum atomic E-state index is -1.20. The lowest BCUT2D eigenvalue weighted by molar-refractivity contribution is -0.165. The first-order chi connectivity index (χ1) is 19.2. The number of carbonyl (C=O) groups excluding carboxylic acids is 3. The van der Waals surface area contributed by atoms with Crippen molar-refractivity contribution >= 4 is 29.8 Å². The molecular weight excluding hydrogens is 530 g/mol. The lowest BCUT2D eigenvalue weighted by Crippen LogP contribution is -2.45. The second kappa shape index (κ2) is 12.7. The molecule has 8 nitrogen and oxygen atoms in total. The van der Waals surface area contributed by atoms with Crippen molar-refractivity contribution in [3.8, 4) is 5.75 Å². The molecule has 1 amide bonds. The molecule has 3 unspecified atom stereocenters. The number of hydrogen-bond acceptors (Lipinski definition) is 6. The minimum Gasteiger partial charge on any atom is -0.508 e. The number of halogens is 1. The number of benzene rings is 2. The van der Waals surface area contributed by atoms with Gasteiger partial charge in [0.05, 0.1) is 5.41 Å². The number of aromatic hydroxyl groups is 1. The lowest BCUT2D eigenvalue weighted by Gasteiger charge is -2.37. The van der Waals surface area contributed by atoms with E-state index in [0.29, 0.717) is 17.8 Å². The van der Waals surface area contributed by atoms with Gasteiger partial charge in [-0.3, -0.25) is 9.59 Å². The van der Waals surface area contributed by atoms with Crippen LogP contribution >= 0.6 is 11.6 Å². The maximum absolute atomic E-state index is 13.5. The van der Waals surface area contributed by atoms with Gasteiger partial charge in [-0.1, -0.05) is 73.8 Å². The smallest absolute Gasteiger partial charge is 0.342 e. The van der Waals surface area contributed by atoms with Gasteiger partial charge in [0.1, 0.15) is 17.3 Å². The second-order valence-corrected chi connectivity index (χ2v) is 11.0. The lowest BCUT2D eigenvalue weighted by atomic mass is 9.66. The van der Waals surface area contributed by atoms with Crippen LogP contribution in [0.5, 0.6) is 5.75 Å². The summed E-state index contributed by atoms with van der Waals surface area (Å²) in [6.45, 7) is 5.63. The quantitative estimate of drug-likeness (QED) is 0.234. The van der Waals surface area contributed by atoms with Crippen molar-refractivity contribution in [2.24, 2.45) is 5.92 Å². The number of phenols is 1. The number of aryl methyl sites for hydroxylation is 1. The van der Waals surface area contributed by atoms with Crippen LogP contribution in [0.25, 0.3) is 0 Å². The van der Waals surface area contributed by atoms with Crippen LogP contribution < -0.4 is 5.48 Å². The van der Waals surface area contributed by atoms with E-state index >= 15 is 0 Å². The van der Waals surface area contributed by atoms with Crippen LogP contribution in [0.4, 0.5) is 0 Å². The number of amides is 1. The van der Waals surface area contributed by atoms with Gasteiger partial charge in [0.2, 0.25) is 5.91 Å². The van der Waals surface area contributed by atoms with E-state index in [2.05, 4.69) is 29.5 Å². The number of unbranched alkanes of at least 4 members (excludes halogenated alkanes) is 1. The Morgan fingerprint density at radius 1 is 1.20 bits per heavy atom. The highest BCUT2D eigenvalue weighted by Gasteiger charge is 2.51. The summed E-state index contributed by atoms with van der Waals surface area (Å²) in [5, 5.41) is 11.0. The summed E-state index contributed by atoms with van der Waals surface area (Å²) in [4.78, 5) is 46.4. The average Bonchev–Trinajstić information content (AvgIpc) is 3.55. The third kappa shape index (κ3) is 5.92. The number of imidazole rings is 1. The first-order valence-corrected chi connectivity index (χ1v) is 14.1. The number of carbonyl (C=O) groups is 3. The van der Waals surface area contributed by atoms with Crippen molar-refractivity contribution in [1.29, 1.82) is 0 Å². The number of rotatable bonds is 10. The third-order valence-electron chi connectivity index (χ3n) is 8.09. The summed E-state index contributed by atoms with van der Waals surface area (Å²) in [5.41, 5.74) is 3.89. The second-order valence-electron chi connectivity index (χ2n) is 10.7. The molecule has 0 radical (unpaired) electrons. The van der Waals surface area contributed by atoms with Crippen molar-refractivity contribution in [3.05, 3.63) is 81.9 Å². The van der Waals surface area contributed by atoms with E-state index in [1.165, 1.54) is 6.92 Å². The van der Waals surface area contributed by atoms with Crippen LogP contribution in [0.3, 0.4) is 0 Å². The number of aldehydes is 1. The van der Waals surface area contributed by atoms with E-state index in [0.717, 1.165) is 61.8 Å². The number of nitrogens with one attached hydrogen (secondary N) is 1. The number of hydroxylamine groups is 1. The molecule has 2 N–H and O–H groups in total. The molecule has 1 aliphatic carbocycles. The van der Waals surface area contributed by atoms with E-state index in [4.69, 9.17) is 16.4 Å². The largest absolute Gasteiger partial charge is 0.508 e. The van der Waals surface area contributed by atoms with Crippen LogP contribution in [0.2, 0.25) is 5.15 Å². The normalized spacial score (nSPS) is 18.2. The summed E-state index contributed by atoms with van der Waals surface area (Å²) >= 11 is 6.25. The molecule has 1 aromatic heterocycles. The molecule has 1 fully saturated rings. The predicted octanol–water partition coefficient (Wildman–Crippen LogP) is 5.88. The zero-order valence-corrected chi connectivity index (χ0v) is 23.9. The van der Waals surface area contributed by atoms with Crippen LogP contribution in [0.15, 0.2) is 48.5 Å². The first-order valence-electron chi connectivity index (χ1n) is 13.8. The summed E-state index contributed by atoms with van der Waals surface area (Å²) < 4.78 is 1.88. The van der Waals surface area contributed by atoms with Crippen LogP contribution in [-0.2, 0) is 32.8 Å². The molecule has 40 heavy (non-hydrogen) atoms. The van der Waals surface area contributed by atoms with Gasteiger partial charge in [-0.25, -0.2) is 9.78 Å². The highest BCUT2D eigenvalue weighted by atomic mass is 35.5. The summed E-state index contributed by atoms with van der Waals surface area (Å²) in [6.07, 6.45) is 5.99. The molecule has 4 rings (SSSR count). The molecule has 1 aliphatic rings. The summed E-state index contributed by atoms with van der Waals surface area (Å²) in [7, 11) is 0. The molecule has 0 aliphatic heterocycles. The van der Waals surface area contributed by atoms with Crippen molar-refractivity contribution in [2.75, 3.05) is 0 Å². The molecule has 3 atom stereocenters. The zero-order valence-electron chi connectivity index (χ0n) is 23.2. The number of para-hydroxylation sites is 1. The summed E-state index contributed by atoms with van der Waals surface area (Å²) in [5.74, 6) is -0.448. The van der Waals surface area contributed by atoms with Crippen molar-refractivity contribution < 1.29 is 24.3 Å². The van der Waals surface area contributed by atoms with Gasteiger partial charge in [-0.05, 0) is 55.2 Å². The SMILES string of the molecule is CCCCc1nc(Cl)c(C=O)n1Cc1ccc(C2CCCC2C(C)(C(=O)ONC(C)=O)c2ccccc2O)cc1.